The van der Waals surface area contributed by atoms with Crippen LogP contribution in [0.15, 0.2) is 54.6 Å². The molecule has 0 aliphatic carbocycles. The Labute approximate surface area is 126 Å². The first-order chi connectivity index (χ1) is 10.3. The van der Waals surface area contributed by atoms with E-state index >= 15 is 0 Å². The number of benzene rings is 2. The number of methoxy groups -OCH3 is 1. The van der Waals surface area contributed by atoms with Gasteiger partial charge in [0, 0.05) is 0 Å². The summed E-state index contributed by atoms with van der Waals surface area (Å²) in [5.41, 5.74) is 7.16. The molecule has 3 nitrogen and oxygen atoms in total. The lowest BCUT2D eigenvalue weighted by molar-refractivity contribution is 0.279. The van der Waals surface area contributed by atoms with Gasteiger partial charge >= 0.3 is 0 Å². The van der Waals surface area contributed by atoms with Crippen molar-refractivity contribution in [3.8, 4) is 11.5 Å². The van der Waals surface area contributed by atoms with Gasteiger partial charge in [0.25, 0.3) is 0 Å². The standard InChI is InChI=1S/C18H23NO2/c1-20-17-9-7-15(8-10-17)13-16(14-19)11-12-21-18-5-3-2-4-6-18/h2-10,16H,11-14,19H2,1H3. The van der Waals surface area contributed by atoms with Crippen LogP contribution in [0.5, 0.6) is 11.5 Å². The van der Waals surface area contributed by atoms with Gasteiger partial charge in [0.05, 0.1) is 13.7 Å². The zero-order valence-corrected chi connectivity index (χ0v) is 12.5. The van der Waals surface area contributed by atoms with E-state index in [0.29, 0.717) is 19.1 Å². The smallest absolute Gasteiger partial charge is 0.119 e. The Morgan fingerprint density at radius 1 is 0.952 bits per heavy atom. The molecule has 112 valence electrons. The fourth-order valence-corrected chi connectivity index (χ4v) is 2.26. The van der Waals surface area contributed by atoms with E-state index < -0.39 is 0 Å². The molecule has 2 rings (SSSR count). The van der Waals surface area contributed by atoms with Gasteiger partial charge in [-0.3, -0.25) is 0 Å². The molecule has 2 aromatic carbocycles. The van der Waals surface area contributed by atoms with E-state index in [1.807, 2.05) is 42.5 Å². The fraction of sp³-hybridized carbons (Fsp3) is 0.333. The van der Waals surface area contributed by atoms with E-state index in [-0.39, 0.29) is 0 Å². The minimum atomic E-state index is 0.433. The molecule has 0 radical (unpaired) electrons. The number of rotatable bonds is 8. The van der Waals surface area contributed by atoms with Crippen molar-refractivity contribution in [3.63, 3.8) is 0 Å². The molecule has 0 aliphatic heterocycles. The van der Waals surface area contributed by atoms with Gasteiger partial charge in [-0.25, -0.2) is 0 Å². The van der Waals surface area contributed by atoms with Crippen molar-refractivity contribution < 1.29 is 9.47 Å². The molecule has 1 atom stereocenters. The maximum absolute atomic E-state index is 5.88. The molecule has 2 aromatic rings. The molecule has 0 saturated carbocycles. The lowest BCUT2D eigenvalue weighted by Crippen LogP contribution is -2.19. The topological polar surface area (TPSA) is 44.5 Å². The zero-order valence-electron chi connectivity index (χ0n) is 12.5. The molecule has 0 aromatic heterocycles. The van der Waals surface area contributed by atoms with E-state index in [9.17, 15) is 0 Å². The molecule has 0 fully saturated rings. The van der Waals surface area contributed by atoms with Gasteiger partial charge in [-0.15, -0.1) is 0 Å². The second-order valence-corrected chi connectivity index (χ2v) is 5.10. The third kappa shape index (κ3) is 5.12. The van der Waals surface area contributed by atoms with Crippen molar-refractivity contribution in [2.24, 2.45) is 11.7 Å². The Kier molecular flexibility index (Phi) is 6.10. The monoisotopic (exact) mass is 285 g/mol. The van der Waals surface area contributed by atoms with Crippen molar-refractivity contribution in [2.75, 3.05) is 20.3 Å². The highest BCUT2D eigenvalue weighted by Crippen LogP contribution is 2.17. The van der Waals surface area contributed by atoms with Crippen LogP contribution in [0.25, 0.3) is 0 Å². The van der Waals surface area contributed by atoms with Crippen LogP contribution in [-0.2, 0) is 6.42 Å². The molecule has 21 heavy (non-hydrogen) atoms. The Bertz CT molecular complexity index is 511. The summed E-state index contributed by atoms with van der Waals surface area (Å²) in [7, 11) is 1.68. The summed E-state index contributed by atoms with van der Waals surface area (Å²) in [4.78, 5) is 0. The van der Waals surface area contributed by atoms with Gasteiger partial charge in [0.2, 0.25) is 0 Å². The van der Waals surface area contributed by atoms with Crippen molar-refractivity contribution >= 4 is 0 Å². The van der Waals surface area contributed by atoms with E-state index in [4.69, 9.17) is 15.2 Å². The van der Waals surface area contributed by atoms with E-state index in [1.165, 1.54) is 5.56 Å². The molecule has 0 amide bonds. The van der Waals surface area contributed by atoms with E-state index in [1.54, 1.807) is 7.11 Å². The number of para-hydroxylation sites is 1. The van der Waals surface area contributed by atoms with Gasteiger partial charge in [-0.2, -0.15) is 0 Å². The first-order valence-electron chi connectivity index (χ1n) is 7.32. The van der Waals surface area contributed by atoms with Crippen LogP contribution >= 0.6 is 0 Å². The van der Waals surface area contributed by atoms with Gasteiger partial charge in [-0.1, -0.05) is 30.3 Å². The van der Waals surface area contributed by atoms with Crippen LogP contribution < -0.4 is 15.2 Å². The molecule has 2 N–H and O–H groups in total. The summed E-state index contributed by atoms with van der Waals surface area (Å²) >= 11 is 0. The lowest BCUT2D eigenvalue weighted by Gasteiger charge is -2.15. The zero-order chi connectivity index (χ0) is 14.9. The predicted octanol–water partition coefficient (Wildman–Crippen LogP) is 3.28. The highest BCUT2D eigenvalue weighted by atomic mass is 16.5. The van der Waals surface area contributed by atoms with E-state index in [0.717, 1.165) is 24.3 Å². The number of nitrogens with two attached hydrogens (primary N) is 1. The van der Waals surface area contributed by atoms with Crippen LogP contribution in [0, 0.1) is 5.92 Å². The summed E-state index contributed by atoms with van der Waals surface area (Å²) in [5.74, 6) is 2.23. The Morgan fingerprint density at radius 2 is 1.67 bits per heavy atom. The minimum absolute atomic E-state index is 0.433. The Hall–Kier alpha value is -2.00. The predicted molar refractivity (Wildman–Crippen MR) is 85.8 cm³/mol. The number of ether oxygens (including phenoxy) is 2. The first kappa shape index (κ1) is 15.4. The summed E-state index contributed by atoms with van der Waals surface area (Å²) in [5, 5.41) is 0. The quantitative estimate of drug-likeness (QED) is 0.809. The van der Waals surface area contributed by atoms with Crippen LogP contribution in [0.4, 0.5) is 0 Å². The molecule has 0 heterocycles. The summed E-state index contributed by atoms with van der Waals surface area (Å²) in [6.07, 6.45) is 1.93. The maximum atomic E-state index is 5.88. The summed E-state index contributed by atoms with van der Waals surface area (Å²) in [6.45, 7) is 1.37. The molecule has 0 aliphatic rings. The van der Waals surface area contributed by atoms with Crippen molar-refractivity contribution in [2.45, 2.75) is 12.8 Å². The highest BCUT2D eigenvalue weighted by Gasteiger charge is 2.08. The van der Waals surface area contributed by atoms with Crippen molar-refractivity contribution in [3.05, 3.63) is 60.2 Å². The molecular formula is C18H23NO2. The van der Waals surface area contributed by atoms with Gasteiger partial charge in [-0.05, 0) is 55.1 Å². The molecule has 0 saturated heterocycles. The highest BCUT2D eigenvalue weighted by molar-refractivity contribution is 5.27. The normalized spacial score (nSPS) is 11.9. The molecule has 1 unspecified atom stereocenters. The van der Waals surface area contributed by atoms with E-state index in [2.05, 4.69) is 12.1 Å². The second kappa shape index (κ2) is 8.32. The molecule has 0 bridgehead atoms. The first-order valence-corrected chi connectivity index (χ1v) is 7.32. The maximum Gasteiger partial charge on any atom is 0.119 e. The fourth-order valence-electron chi connectivity index (χ4n) is 2.26. The SMILES string of the molecule is COc1ccc(CC(CN)CCOc2ccccc2)cc1. The van der Waals surface area contributed by atoms with Gasteiger partial charge in [0.1, 0.15) is 11.5 Å². The van der Waals surface area contributed by atoms with Crippen molar-refractivity contribution in [1.82, 2.24) is 0 Å². The number of hydrogen-bond donors (Lipinski definition) is 1. The molecule has 0 spiro atoms. The van der Waals surface area contributed by atoms with Crippen LogP contribution in [-0.4, -0.2) is 20.3 Å². The third-order valence-corrected chi connectivity index (χ3v) is 3.55. The average Bonchev–Trinajstić information content (AvgIpc) is 2.55. The Morgan fingerprint density at radius 3 is 2.29 bits per heavy atom. The largest absolute Gasteiger partial charge is 0.497 e. The summed E-state index contributed by atoms with van der Waals surface area (Å²) in [6, 6.07) is 18.1. The molecular weight excluding hydrogens is 262 g/mol. The van der Waals surface area contributed by atoms with Crippen LogP contribution in [0.3, 0.4) is 0 Å². The van der Waals surface area contributed by atoms with Gasteiger partial charge < -0.3 is 15.2 Å². The molecule has 3 heteroatoms. The van der Waals surface area contributed by atoms with Crippen molar-refractivity contribution in [1.29, 1.82) is 0 Å². The minimum Gasteiger partial charge on any atom is -0.497 e. The second-order valence-electron chi connectivity index (χ2n) is 5.10. The summed E-state index contributed by atoms with van der Waals surface area (Å²) < 4.78 is 10.9. The number of hydrogen-bond acceptors (Lipinski definition) is 3. The lowest BCUT2D eigenvalue weighted by atomic mass is 9.96. The van der Waals surface area contributed by atoms with Crippen LogP contribution in [0.1, 0.15) is 12.0 Å². The third-order valence-electron chi connectivity index (χ3n) is 3.55. The van der Waals surface area contributed by atoms with Gasteiger partial charge in [0.15, 0.2) is 0 Å². The Balaban J connectivity index is 1.79. The average molecular weight is 285 g/mol. The van der Waals surface area contributed by atoms with Crippen LogP contribution in [0.2, 0.25) is 0 Å².